The molecule has 2 aromatic carbocycles. The Morgan fingerprint density at radius 2 is 1.66 bits per heavy atom. The number of nitrogens with zero attached hydrogens (tertiary/aromatic N) is 3. The lowest BCUT2D eigenvalue weighted by atomic mass is 10.1. The van der Waals surface area contributed by atoms with Crippen LogP contribution in [0.5, 0.6) is 0 Å². The molecule has 0 fully saturated rings. The maximum atomic E-state index is 14.0. The Morgan fingerprint density at radius 1 is 1.03 bits per heavy atom. The fourth-order valence-electron chi connectivity index (χ4n) is 2.87. The van der Waals surface area contributed by atoms with E-state index in [-0.39, 0.29) is 21.7 Å². The van der Waals surface area contributed by atoms with Crippen molar-refractivity contribution in [1.82, 2.24) is 14.8 Å². The number of anilines is 3. The van der Waals surface area contributed by atoms with E-state index in [1.807, 2.05) is 19.0 Å². The summed E-state index contributed by atoms with van der Waals surface area (Å²) >= 11 is 0.889. The van der Waals surface area contributed by atoms with E-state index in [0.29, 0.717) is 17.8 Å². The van der Waals surface area contributed by atoms with E-state index in [2.05, 4.69) is 10.3 Å². The number of benzene rings is 2. The van der Waals surface area contributed by atoms with Crippen molar-refractivity contribution in [1.29, 1.82) is 0 Å². The number of hydrogen-bond donors (Lipinski definition) is 2. The number of nitrogen functional groups attached to an aromatic ring is 1. The van der Waals surface area contributed by atoms with E-state index in [4.69, 9.17) is 5.73 Å². The number of carbonyl (C=O) groups excluding carboxylic acids is 2. The van der Waals surface area contributed by atoms with E-state index in [1.54, 1.807) is 36.2 Å². The number of amides is 1. The summed E-state index contributed by atoms with van der Waals surface area (Å²) in [7, 11) is 5.62. The van der Waals surface area contributed by atoms with Crippen molar-refractivity contribution in [2.75, 3.05) is 45.3 Å². The molecule has 3 N–H and O–H groups in total. The van der Waals surface area contributed by atoms with E-state index in [9.17, 15) is 18.4 Å². The van der Waals surface area contributed by atoms with Crippen LogP contribution in [-0.4, -0.2) is 60.7 Å². The lowest BCUT2D eigenvalue weighted by Crippen LogP contribution is -2.33. The van der Waals surface area contributed by atoms with Crippen molar-refractivity contribution in [3.8, 4) is 0 Å². The minimum absolute atomic E-state index is 0.0641. The zero-order valence-electron chi connectivity index (χ0n) is 17.9. The Kier molecular flexibility index (Phi) is 7.16. The van der Waals surface area contributed by atoms with Gasteiger partial charge in [0.2, 0.25) is 5.78 Å². The van der Waals surface area contributed by atoms with Crippen molar-refractivity contribution < 1.29 is 18.4 Å². The summed E-state index contributed by atoms with van der Waals surface area (Å²) < 4.78 is 27.9. The van der Waals surface area contributed by atoms with Crippen LogP contribution in [-0.2, 0) is 0 Å². The third-order valence-electron chi connectivity index (χ3n) is 4.66. The lowest BCUT2D eigenvalue weighted by Gasteiger charge is -2.19. The van der Waals surface area contributed by atoms with Crippen LogP contribution in [0.4, 0.5) is 25.4 Å². The summed E-state index contributed by atoms with van der Waals surface area (Å²) in [5.74, 6) is -3.03. The van der Waals surface area contributed by atoms with Crippen LogP contribution in [0.3, 0.4) is 0 Å². The standard InChI is InChI=1S/C22H23F2N5O2S/c1-28(2)11-12-29(3)21(31)13-7-9-14(10-8-13)26-22-27-20(25)19(32-22)18(30)17-15(23)5-4-6-16(17)24/h4-10H,11-12,25H2,1-3H3,(H,26,27). The maximum absolute atomic E-state index is 14.0. The van der Waals surface area contributed by atoms with Gasteiger partial charge in [0.1, 0.15) is 22.3 Å². The first-order valence-electron chi connectivity index (χ1n) is 9.69. The topological polar surface area (TPSA) is 91.6 Å². The molecule has 168 valence electrons. The van der Waals surface area contributed by atoms with Gasteiger partial charge >= 0.3 is 0 Å². The maximum Gasteiger partial charge on any atom is 0.253 e. The van der Waals surface area contributed by atoms with Gasteiger partial charge in [0.25, 0.3) is 5.91 Å². The molecule has 32 heavy (non-hydrogen) atoms. The molecule has 0 atom stereocenters. The Morgan fingerprint density at radius 3 is 2.25 bits per heavy atom. The molecule has 7 nitrogen and oxygen atoms in total. The molecule has 0 aliphatic rings. The monoisotopic (exact) mass is 459 g/mol. The molecule has 0 unspecified atom stereocenters. The Labute approximate surface area is 188 Å². The first-order chi connectivity index (χ1) is 15.2. The highest BCUT2D eigenvalue weighted by Gasteiger charge is 2.24. The molecule has 0 bridgehead atoms. The molecule has 1 amide bonds. The second-order valence-corrected chi connectivity index (χ2v) is 8.39. The summed E-state index contributed by atoms with van der Waals surface area (Å²) in [5, 5.41) is 3.27. The molecule has 1 heterocycles. The highest BCUT2D eigenvalue weighted by molar-refractivity contribution is 7.18. The molecule has 0 aliphatic carbocycles. The largest absolute Gasteiger partial charge is 0.382 e. The van der Waals surface area contributed by atoms with Crippen LogP contribution >= 0.6 is 11.3 Å². The van der Waals surface area contributed by atoms with Gasteiger partial charge in [0.05, 0.1) is 5.56 Å². The predicted molar refractivity (Wildman–Crippen MR) is 122 cm³/mol. The van der Waals surface area contributed by atoms with Crippen molar-refractivity contribution in [3.05, 3.63) is 70.1 Å². The summed E-state index contributed by atoms with van der Waals surface area (Å²) in [4.78, 5) is 32.7. The summed E-state index contributed by atoms with van der Waals surface area (Å²) in [5.41, 5.74) is 6.29. The van der Waals surface area contributed by atoms with Crippen LogP contribution in [0.15, 0.2) is 42.5 Å². The van der Waals surface area contributed by atoms with E-state index in [0.717, 1.165) is 30.0 Å². The number of hydrogen-bond acceptors (Lipinski definition) is 7. The third-order valence-corrected chi connectivity index (χ3v) is 5.65. The number of carbonyl (C=O) groups is 2. The highest BCUT2D eigenvalue weighted by Crippen LogP contribution is 2.31. The molecule has 0 spiro atoms. The highest BCUT2D eigenvalue weighted by atomic mass is 32.1. The van der Waals surface area contributed by atoms with Gasteiger partial charge in [-0.2, -0.15) is 0 Å². The second kappa shape index (κ2) is 9.84. The van der Waals surface area contributed by atoms with E-state index < -0.39 is 23.0 Å². The molecular weight excluding hydrogens is 436 g/mol. The average molecular weight is 460 g/mol. The number of nitrogens with one attached hydrogen (secondary N) is 1. The van der Waals surface area contributed by atoms with Gasteiger partial charge in [-0.25, -0.2) is 13.8 Å². The molecule has 1 aromatic heterocycles. The van der Waals surface area contributed by atoms with Gasteiger partial charge in [-0.05, 0) is 50.5 Å². The summed E-state index contributed by atoms with van der Waals surface area (Å²) in [6.07, 6.45) is 0. The average Bonchev–Trinajstić information content (AvgIpc) is 3.11. The fraction of sp³-hybridized carbons (Fsp3) is 0.227. The minimum atomic E-state index is -0.965. The Hall–Kier alpha value is -3.37. The predicted octanol–water partition coefficient (Wildman–Crippen LogP) is 3.61. The van der Waals surface area contributed by atoms with Gasteiger partial charge in [0.15, 0.2) is 5.13 Å². The molecule has 0 saturated carbocycles. The molecule has 0 saturated heterocycles. The molecule has 0 aliphatic heterocycles. The first kappa shape index (κ1) is 23.3. The van der Waals surface area contributed by atoms with Crippen molar-refractivity contribution in [2.24, 2.45) is 0 Å². The van der Waals surface area contributed by atoms with E-state index in [1.165, 1.54) is 6.07 Å². The van der Waals surface area contributed by atoms with Gasteiger partial charge in [0, 0.05) is 31.4 Å². The molecular formula is C22H23F2N5O2S. The van der Waals surface area contributed by atoms with Crippen LogP contribution in [0.1, 0.15) is 25.6 Å². The summed E-state index contributed by atoms with van der Waals surface area (Å²) in [6.45, 7) is 1.36. The van der Waals surface area contributed by atoms with Crippen LogP contribution in [0.2, 0.25) is 0 Å². The molecule has 0 radical (unpaired) electrons. The van der Waals surface area contributed by atoms with Crippen LogP contribution in [0, 0.1) is 11.6 Å². The first-order valence-corrected chi connectivity index (χ1v) is 10.5. The number of nitrogens with two attached hydrogens (primary N) is 1. The Bertz CT molecular complexity index is 1110. The fourth-order valence-corrected chi connectivity index (χ4v) is 3.72. The quantitative estimate of drug-likeness (QED) is 0.500. The van der Waals surface area contributed by atoms with Gasteiger partial charge < -0.3 is 20.9 Å². The zero-order valence-corrected chi connectivity index (χ0v) is 18.7. The molecule has 10 heteroatoms. The van der Waals surface area contributed by atoms with Gasteiger partial charge in [-0.1, -0.05) is 17.4 Å². The van der Waals surface area contributed by atoms with Crippen LogP contribution in [0.25, 0.3) is 0 Å². The summed E-state index contributed by atoms with van der Waals surface area (Å²) in [6, 6.07) is 9.94. The van der Waals surface area contributed by atoms with Crippen LogP contribution < -0.4 is 11.1 Å². The van der Waals surface area contributed by atoms with E-state index >= 15 is 0 Å². The minimum Gasteiger partial charge on any atom is -0.382 e. The number of thiazole rings is 1. The number of aromatic nitrogens is 1. The molecule has 3 rings (SSSR count). The van der Waals surface area contributed by atoms with Crippen molar-refractivity contribution in [2.45, 2.75) is 0 Å². The zero-order chi connectivity index (χ0) is 23.4. The van der Waals surface area contributed by atoms with Crippen molar-refractivity contribution in [3.63, 3.8) is 0 Å². The number of ketones is 1. The molecule has 3 aromatic rings. The normalized spacial score (nSPS) is 10.9. The Balaban J connectivity index is 1.72. The van der Waals surface area contributed by atoms with Gasteiger partial charge in [-0.15, -0.1) is 0 Å². The smallest absolute Gasteiger partial charge is 0.253 e. The second-order valence-electron chi connectivity index (χ2n) is 7.39. The number of halogens is 2. The number of likely N-dealkylation sites (N-methyl/N-ethyl adjacent to an activating group) is 2. The SMILES string of the molecule is CN(C)CCN(C)C(=O)c1ccc(Nc2nc(N)c(C(=O)c3c(F)cccc3F)s2)cc1. The van der Waals surface area contributed by atoms with Gasteiger partial charge in [-0.3, -0.25) is 9.59 Å². The van der Waals surface area contributed by atoms with Crippen molar-refractivity contribution >= 4 is 39.7 Å². The third kappa shape index (κ3) is 5.27. The lowest BCUT2D eigenvalue weighted by molar-refractivity contribution is 0.0786. The number of rotatable bonds is 8.